The van der Waals surface area contributed by atoms with Crippen LogP contribution in [0.15, 0.2) is 12.4 Å². The summed E-state index contributed by atoms with van der Waals surface area (Å²) in [6.45, 7) is 4.44. The molecular weight excluding hydrogens is 228 g/mol. The van der Waals surface area contributed by atoms with Crippen molar-refractivity contribution in [1.29, 1.82) is 0 Å². The lowest BCUT2D eigenvalue weighted by Gasteiger charge is -2.07. The molecule has 0 radical (unpaired) electrons. The molecule has 0 fully saturated rings. The largest absolute Gasteiger partial charge is 0.481 e. The number of aryl methyl sites for hydroxylation is 1. The Labute approximate surface area is 96.9 Å². The van der Waals surface area contributed by atoms with Gasteiger partial charge in [0.2, 0.25) is 0 Å². The van der Waals surface area contributed by atoms with Gasteiger partial charge in [0.05, 0.1) is 18.4 Å². The van der Waals surface area contributed by atoms with E-state index in [1.807, 2.05) is 13.1 Å². The monoisotopic (exact) mass is 244 g/mol. The minimum absolute atomic E-state index is 0.0610. The fourth-order valence-electron chi connectivity index (χ4n) is 1.30. The Kier molecular flexibility index (Phi) is 4.67. The lowest BCUT2D eigenvalue weighted by atomic mass is 10.3. The zero-order valence-electron chi connectivity index (χ0n) is 9.42. The van der Waals surface area contributed by atoms with Crippen molar-refractivity contribution in [1.82, 2.24) is 9.78 Å². The average molecular weight is 244 g/mol. The molecule has 1 aromatic rings. The predicted octanol–water partition coefficient (Wildman–Crippen LogP) is 1.01. The third-order valence-electron chi connectivity index (χ3n) is 2.23. The van der Waals surface area contributed by atoms with Gasteiger partial charge in [-0.15, -0.1) is 0 Å². The fourth-order valence-corrected chi connectivity index (χ4v) is 2.39. The maximum atomic E-state index is 11.8. The highest BCUT2D eigenvalue weighted by Gasteiger charge is 2.15. The summed E-state index contributed by atoms with van der Waals surface area (Å²) in [6, 6.07) is 0. The van der Waals surface area contributed by atoms with Crippen LogP contribution in [-0.2, 0) is 27.9 Å². The summed E-state index contributed by atoms with van der Waals surface area (Å²) in [4.78, 5) is 10.5. The van der Waals surface area contributed by atoms with Crippen molar-refractivity contribution in [3.05, 3.63) is 18.0 Å². The maximum absolute atomic E-state index is 11.8. The number of aliphatic carboxylic acids is 1. The molecule has 0 bridgehead atoms. The number of carboxylic acids is 1. The van der Waals surface area contributed by atoms with Gasteiger partial charge < -0.3 is 5.11 Å². The second kappa shape index (κ2) is 5.79. The van der Waals surface area contributed by atoms with Gasteiger partial charge in [0.1, 0.15) is 0 Å². The van der Waals surface area contributed by atoms with Crippen molar-refractivity contribution in [3.63, 3.8) is 0 Å². The Balaban J connectivity index is 2.53. The van der Waals surface area contributed by atoms with E-state index in [0.29, 0.717) is 5.75 Å². The standard InChI is InChI=1S/C10H16N2O3S/c1-3-12-6-9(5-11-12)7-16(15)8(2)4-10(13)14/h5-6,8H,3-4,7H2,1-2H3,(H,13,14). The van der Waals surface area contributed by atoms with Crippen LogP contribution in [0.4, 0.5) is 0 Å². The second-order valence-electron chi connectivity index (χ2n) is 3.64. The molecule has 0 saturated carbocycles. The Morgan fingerprint density at radius 1 is 1.69 bits per heavy atom. The summed E-state index contributed by atoms with van der Waals surface area (Å²) >= 11 is 0. The summed E-state index contributed by atoms with van der Waals surface area (Å²) in [6.07, 6.45) is 3.45. The number of hydrogen-bond donors (Lipinski definition) is 1. The number of aromatic nitrogens is 2. The average Bonchev–Trinajstić information content (AvgIpc) is 2.64. The molecule has 1 N–H and O–H groups in total. The summed E-state index contributed by atoms with van der Waals surface area (Å²) in [5.74, 6) is -0.542. The minimum Gasteiger partial charge on any atom is -0.481 e. The molecule has 2 atom stereocenters. The summed E-state index contributed by atoms with van der Waals surface area (Å²) in [5, 5.41) is 12.3. The smallest absolute Gasteiger partial charge is 0.304 e. The van der Waals surface area contributed by atoms with Crippen LogP contribution in [-0.4, -0.2) is 30.3 Å². The quantitative estimate of drug-likeness (QED) is 0.810. The first-order chi connectivity index (χ1) is 7.52. The summed E-state index contributed by atoms with van der Waals surface area (Å²) < 4.78 is 13.5. The van der Waals surface area contributed by atoms with Crippen molar-refractivity contribution in [2.75, 3.05) is 0 Å². The number of carbonyl (C=O) groups is 1. The zero-order chi connectivity index (χ0) is 12.1. The van der Waals surface area contributed by atoms with E-state index in [-0.39, 0.29) is 11.7 Å². The van der Waals surface area contributed by atoms with E-state index in [1.54, 1.807) is 17.8 Å². The molecule has 0 amide bonds. The van der Waals surface area contributed by atoms with Crippen LogP contribution in [0.3, 0.4) is 0 Å². The van der Waals surface area contributed by atoms with Gasteiger partial charge in [-0.1, -0.05) is 6.92 Å². The van der Waals surface area contributed by atoms with E-state index in [1.165, 1.54) is 0 Å². The third-order valence-corrected chi connectivity index (χ3v) is 3.91. The molecule has 1 aromatic heterocycles. The van der Waals surface area contributed by atoms with Crippen molar-refractivity contribution in [3.8, 4) is 0 Å². The number of carboxylic acid groups (broad SMARTS) is 1. The van der Waals surface area contributed by atoms with E-state index in [9.17, 15) is 9.00 Å². The van der Waals surface area contributed by atoms with Crippen LogP contribution in [0.2, 0.25) is 0 Å². The van der Waals surface area contributed by atoms with Crippen molar-refractivity contribution < 1.29 is 14.1 Å². The zero-order valence-corrected chi connectivity index (χ0v) is 10.2. The SMILES string of the molecule is CCn1cc(CS(=O)C(C)CC(=O)O)cn1. The summed E-state index contributed by atoms with van der Waals surface area (Å²) in [7, 11) is -1.16. The van der Waals surface area contributed by atoms with Crippen LogP contribution >= 0.6 is 0 Å². The van der Waals surface area contributed by atoms with E-state index in [4.69, 9.17) is 5.11 Å². The molecule has 1 rings (SSSR count). The highest BCUT2D eigenvalue weighted by atomic mass is 32.2. The second-order valence-corrected chi connectivity index (χ2v) is 5.49. The molecule has 0 aromatic carbocycles. The Morgan fingerprint density at radius 2 is 2.38 bits per heavy atom. The van der Waals surface area contributed by atoms with Crippen LogP contribution in [0.25, 0.3) is 0 Å². The van der Waals surface area contributed by atoms with E-state index in [0.717, 1.165) is 12.1 Å². The molecular formula is C10H16N2O3S. The first-order valence-electron chi connectivity index (χ1n) is 5.13. The van der Waals surface area contributed by atoms with Crippen LogP contribution in [0.5, 0.6) is 0 Å². The molecule has 6 heteroatoms. The minimum atomic E-state index is -1.16. The van der Waals surface area contributed by atoms with Gasteiger partial charge >= 0.3 is 5.97 Å². The van der Waals surface area contributed by atoms with Gasteiger partial charge in [-0.25, -0.2) is 0 Å². The van der Waals surface area contributed by atoms with Gasteiger partial charge in [-0.3, -0.25) is 13.7 Å². The maximum Gasteiger partial charge on any atom is 0.304 e. The van der Waals surface area contributed by atoms with Gasteiger partial charge in [0.25, 0.3) is 0 Å². The Hall–Kier alpha value is -1.17. The van der Waals surface area contributed by atoms with Crippen LogP contribution in [0.1, 0.15) is 25.8 Å². The molecule has 2 unspecified atom stereocenters. The number of nitrogens with zero attached hydrogens (tertiary/aromatic N) is 2. The Bertz CT molecular complexity index is 389. The van der Waals surface area contributed by atoms with Gasteiger partial charge in [-0.2, -0.15) is 5.10 Å². The first-order valence-corrected chi connectivity index (χ1v) is 6.51. The van der Waals surface area contributed by atoms with E-state index in [2.05, 4.69) is 5.10 Å². The topological polar surface area (TPSA) is 72.2 Å². The fraction of sp³-hybridized carbons (Fsp3) is 0.600. The van der Waals surface area contributed by atoms with Gasteiger partial charge in [-0.05, 0) is 6.92 Å². The highest BCUT2D eigenvalue weighted by molar-refractivity contribution is 7.84. The third kappa shape index (κ3) is 3.77. The molecule has 1 heterocycles. The van der Waals surface area contributed by atoms with E-state index >= 15 is 0 Å². The van der Waals surface area contributed by atoms with E-state index < -0.39 is 16.8 Å². The normalized spacial score (nSPS) is 14.6. The molecule has 5 nitrogen and oxygen atoms in total. The van der Waals surface area contributed by atoms with Gasteiger partial charge in [0, 0.05) is 34.4 Å². The predicted molar refractivity (Wildman–Crippen MR) is 61.5 cm³/mol. The first kappa shape index (κ1) is 12.9. The molecule has 0 aliphatic rings. The van der Waals surface area contributed by atoms with Crippen molar-refractivity contribution in [2.24, 2.45) is 0 Å². The molecule has 0 aliphatic carbocycles. The number of hydrogen-bond acceptors (Lipinski definition) is 3. The molecule has 0 aliphatic heterocycles. The molecule has 0 spiro atoms. The van der Waals surface area contributed by atoms with Gasteiger partial charge in [0.15, 0.2) is 0 Å². The number of rotatable bonds is 6. The van der Waals surface area contributed by atoms with Crippen LogP contribution in [0, 0.1) is 0 Å². The summed E-state index contributed by atoms with van der Waals surface area (Å²) in [5.41, 5.74) is 0.887. The molecule has 90 valence electrons. The lowest BCUT2D eigenvalue weighted by molar-refractivity contribution is -0.136. The van der Waals surface area contributed by atoms with Crippen LogP contribution < -0.4 is 0 Å². The molecule has 16 heavy (non-hydrogen) atoms. The Morgan fingerprint density at radius 3 is 2.88 bits per heavy atom. The van der Waals surface area contributed by atoms with Crippen molar-refractivity contribution in [2.45, 2.75) is 37.8 Å². The lowest BCUT2D eigenvalue weighted by Crippen LogP contribution is -2.16. The molecule has 0 saturated heterocycles. The van der Waals surface area contributed by atoms with Crippen molar-refractivity contribution >= 4 is 16.8 Å². The highest BCUT2D eigenvalue weighted by Crippen LogP contribution is 2.09.